The average molecular weight is 281 g/mol. The van der Waals surface area contributed by atoms with Crippen molar-refractivity contribution >= 4 is 12.1 Å². The molecule has 7 nitrogen and oxygen atoms in total. The minimum absolute atomic E-state index is 0.00883. The van der Waals surface area contributed by atoms with Gasteiger partial charge in [0.2, 0.25) is 0 Å². The maximum absolute atomic E-state index is 11.6. The highest BCUT2D eigenvalue weighted by molar-refractivity contribution is 5.81. The lowest BCUT2D eigenvalue weighted by Crippen LogP contribution is -2.45. The largest absolute Gasteiger partial charge is 0.467 e. The molecular weight excluding hydrogens is 262 g/mol. The van der Waals surface area contributed by atoms with E-state index in [0.29, 0.717) is 5.69 Å². The molecule has 1 amide bonds. The number of hydrogen-bond donors (Lipinski definition) is 1. The van der Waals surface area contributed by atoms with E-state index in [1.165, 1.54) is 13.3 Å². The Balaban J connectivity index is 2.49. The summed E-state index contributed by atoms with van der Waals surface area (Å²) in [4.78, 5) is 31.2. The van der Waals surface area contributed by atoms with Crippen LogP contribution in [0.25, 0.3) is 0 Å². The predicted octanol–water partition coefficient (Wildman–Crippen LogP) is 1.21. The van der Waals surface area contributed by atoms with Gasteiger partial charge in [-0.15, -0.1) is 0 Å². The van der Waals surface area contributed by atoms with E-state index in [-0.39, 0.29) is 12.5 Å². The van der Waals surface area contributed by atoms with Gasteiger partial charge < -0.3 is 14.8 Å². The van der Waals surface area contributed by atoms with Crippen LogP contribution in [0.15, 0.2) is 12.4 Å². The summed E-state index contributed by atoms with van der Waals surface area (Å²) in [6.45, 7) is 5.40. The second-order valence-corrected chi connectivity index (χ2v) is 4.61. The summed E-state index contributed by atoms with van der Waals surface area (Å²) in [6, 6.07) is -0.739. The van der Waals surface area contributed by atoms with Gasteiger partial charge in [0.25, 0.3) is 0 Å². The Kier molecular flexibility index (Phi) is 5.89. The Hall–Kier alpha value is -2.18. The highest BCUT2D eigenvalue weighted by atomic mass is 16.6. The number of aromatic nitrogens is 2. The van der Waals surface area contributed by atoms with Crippen molar-refractivity contribution in [3.05, 3.63) is 23.8 Å². The SMILES string of the molecule is COC(=O)[C@@H](NC(=O)OCc1cnc(C)cn1)C(C)C. The highest BCUT2D eigenvalue weighted by Gasteiger charge is 2.25. The van der Waals surface area contributed by atoms with Crippen LogP contribution in [0.3, 0.4) is 0 Å². The van der Waals surface area contributed by atoms with Crippen LogP contribution >= 0.6 is 0 Å². The number of amides is 1. The summed E-state index contributed by atoms with van der Waals surface area (Å²) in [5.74, 6) is -0.610. The monoisotopic (exact) mass is 281 g/mol. The van der Waals surface area contributed by atoms with E-state index in [4.69, 9.17) is 4.74 Å². The predicted molar refractivity (Wildman–Crippen MR) is 70.7 cm³/mol. The first-order valence-electron chi connectivity index (χ1n) is 6.22. The van der Waals surface area contributed by atoms with E-state index in [9.17, 15) is 9.59 Å². The number of hydrogen-bond acceptors (Lipinski definition) is 6. The summed E-state index contributed by atoms with van der Waals surface area (Å²) in [6.07, 6.45) is 2.42. The molecule has 0 bridgehead atoms. The number of aryl methyl sites for hydroxylation is 1. The molecule has 1 aromatic rings. The Bertz CT molecular complexity index is 459. The number of carbonyl (C=O) groups excluding carboxylic acids is 2. The molecule has 0 spiro atoms. The smallest absolute Gasteiger partial charge is 0.408 e. The second kappa shape index (κ2) is 7.42. The van der Waals surface area contributed by atoms with Crippen LogP contribution in [0.1, 0.15) is 25.2 Å². The van der Waals surface area contributed by atoms with Crippen LogP contribution in [-0.4, -0.2) is 35.2 Å². The normalized spacial score (nSPS) is 11.8. The van der Waals surface area contributed by atoms with Crippen molar-refractivity contribution in [2.24, 2.45) is 5.92 Å². The highest BCUT2D eigenvalue weighted by Crippen LogP contribution is 2.04. The third-order valence-corrected chi connectivity index (χ3v) is 2.58. The summed E-state index contributed by atoms with van der Waals surface area (Å²) in [7, 11) is 1.27. The number of nitrogens with one attached hydrogen (secondary N) is 1. The number of carbonyl (C=O) groups is 2. The molecule has 1 N–H and O–H groups in total. The summed E-state index contributed by atoms with van der Waals surface area (Å²) >= 11 is 0. The van der Waals surface area contributed by atoms with Crippen molar-refractivity contribution < 1.29 is 19.1 Å². The number of rotatable bonds is 5. The van der Waals surface area contributed by atoms with Gasteiger partial charge in [0.05, 0.1) is 24.7 Å². The molecule has 0 saturated heterocycles. The molecule has 1 heterocycles. The molecule has 0 aliphatic rings. The quantitative estimate of drug-likeness (QED) is 0.816. The molecule has 0 unspecified atom stereocenters. The maximum Gasteiger partial charge on any atom is 0.408 e. The minimum atomic E-state index is -0.739. The Labute approximate surface area is 117 Å². The second-order valence-electron chi connectivity index (χ2n) is 4.61. The number of esters is 1. The average Bonchev–Trinajstić information content (AvgIpc) is 2.43. The third-order valence-electron chi connectivity index (χ3n) is 2.58. The van der Waals surface area contributed by atoms with Crippen molar-refractivity contribution in [1.29, 1.82) is 0 Å². The fourth-order valence-electron chi connectivity index (χ4n) is 1.43. The molecule has 20 heavy (non-hydrogen) atoms. The Morgan fingerprint density at radius 2 is 2.00 bits per heavy atom. The van der Waals surface area contributed by atoms with E-state index in [1.54, 1.807) is 20.0 Å². The zero-order chi connectivity index (χ0) is 15.1. The lowest BCUT2D eigenvalue weighted by atomic mass is 10.1. The molecule has 0 fully saturated rings. The fourth-order valence-corrected chi connectivity index (χ4v) is 1.43. The zero-order valence-electron chi connectivity index (χ0n) is 12.0. The minimum Gasteiger partial charge on any atom is -0.467 e. The molecule has 0 saturated carbocycles. The van der Waals surface area contributed by atoms with E-state index in [2.05, 4.69) is 20.0 Å². The van der Waals surface area contributed by atoms with Gasteiger partial charge in [0.15, 0.2) is 0 Å². The van der Waals surface area contributed by atoms with Crippen LogP contribution < -0.4 is 5.32 Å². The maximum atomic E-state index is 11.6. The molecule has 110 valence electrons. The first-order chi connectivity index (χ1) is 9.43. The van der Waals surface area contributed by atoms with E-state index >= 15 is 0 Å². The number of alkyl carbamates (subject to hydrolysis) is 1. The van der Waals surface area contributed by atoms with Gasteiger partial charge in [0, 0.05) is 6.20 Å². The number of methoxy groups -OCH3 is 1. The molecule has 0 aliphatic carbocycles. The van der Waals surface area contributed by atoms with Gasteiger partial charge >= 0.3 is 12.1 Å². The van der Waals surface area contributed by atoms with Crippen molar-refractivity contribution in [2.75, 3.05) is 7.11 Å². The Morgan fingerprint density at radius 1 is 1.30 bits per heavy atom. The van der Waals surface area contributed by atoms with Gasteiger partial charge in [-0.3, -0.25) is 9.97 Å². The molecule has 0 aromatic carbocycles. The first-order valence-corrected chi connectivity index (χ1v) is 6.22. The molecule has 1 aromatic heterocycles. The summed E-state index contributed by atoms with van der Waals surface area (Å²) in [5, 5.41) is 2.46. The zero-order valence-corrected chi connectivity index (χ0v) is 12.0. The standard InChI is InChI=1S/C13H19N3O4/c1-8(2)11(12(17)19-4)16-13(18)20-7-10-6-14-9(3)5-15-10/h5-6,8,11H,7H2,1-4H3,(H,16,18)/t11-/m0/s1. The van der Waals surface area contributed by atoms with Crippen LogP contribution in [-0.2, 0) is 20.9 Å². The molecular formula is C13H19N3O4. The molecule has 7 heteroatoms. The fraction of sp³-hybridized carbons (Fsp3) is 0.538. The lowest BCUT2D eigenvalue weighted by Gasteiger charge is -2.19. The topological polar surface area (TPSA) is 90.4 Å². The van der Waals surface area contributed by atoms with Crippen LogP contribution in [0.5, 0.6) is 0 Å². The van der Waals surface area contributed by atoms with Gasteiger partial charge in [-0.05, 0) is 12.8 Å². The van der Waals surface area contributed by atoms with Crippen molar-refractivity contribution in [3.8, 4) is 0 Å². The van der Waals surface area contributed by atoms with E-state index in [0.717, 1.165) is 5.69 Å². The number of ether oxygens (including phenoxy) is 2. The van der Waals surface area contributed by atoms with Crippen LogP contribution in [0, 0.1) is 12.8 Å². The van der Waals surface area contributed by atoms with Crippen molar-refractivity contribution in [2.45, 2.75) is 33.4 Å². The van der Waals surface area contributed by atoms with E-state index in [1.807, 2.05) is 6.92 Å². The van der Waals surface area contributed by atoms with Crippen LogP contribution in [0.4, 0.5) is 4.79 Å². The van der Waals surface area contributed by atoms with Gasteiger partial charge in [0.1, 0.15) is 12.6 Å². The summed E-state index contributed by atoms with van der Waals surface area (Å²) in [5.41, 5.74) is 1.31. The molecule has 1 atom stereocenters. The molecule has 1 rings (SSSR count). The van der Waals surface area contributed by atoms with E-state index < -0.39 is 18.1 Å². The van der Waals surface area contributed by atoms with Gasteiger partial charge in [-0.1, -0.05) is 13.8 Å². The van der Waals surface area contributed by atoms with Crippen molar-refractivity contribution in [3.63, 3.8) is 0 Å². The van der Waals surface area contributed by atoms with Gasteiger partial charge in [-0.25, -0.2) is 9.59 Å². The van der Waals surface area contributed by atoms with Crippen LogP contribution in [0.2, 0.25) is 0 Å². The van der Waals surface area contributed by atoms with Crippen molar-refractivity contribution in [1.82, 2.24) is 15.3 Å². The first kappa shape index (κ1) is 15.9. The summed E-state index contributed by atoms with van der Waals surface area (Å²) < 4.78 is 9.60. The molecule has 0 radical (unpaired) electrons. The van der Waals surface area contributed by atoms with Gasteiger partial charge in [-0.2, -0.15) is 0 Å². The third kappa shape index (κ3) is 4.83. The molecule has 0 aliphatic heterocycles. The lowest BCUT2D eigenvalue weighted by molar-refractivity contribution is -0.144. The Morgan fingerprint density at radius 3 is 2.50 bits per heavy atom. The number of nitrogens with zero attached hydrogens (tertiary/aromatic N) is 2.